The zero-order chi connectivity index (χ0) is 14.9. The normalized spacial score (nSPS) is 23.1. The van der Waals surface area contributed by atoms with Crippen molar-refractivity contribution >= 4 is 5.69 Å². The molecule has 0 saturated heterocycles. The molecule has 0 amide bonds. The van der Waals surface area contributed by atoms with E-state index in [0.29, 0.717) is 5.69 Å². The summed E-state index contributed by atoms with van der Waals surface area (Å²) in [5.41, 5.74) is 6.39. The van der Waals surface area contributed by atoms with Crippen LogP contribution in [0.2, 0.25) is 0 Å². The van der Waals surface area contributed by atoms with Crippen LogP contribution < -0.4 is 10.5 Å². The molecule has 0 aliphatic heterocycles. The first-order valence-corrected chi connectivity index (χ1v) is 7.07. The summed E-state index contributed by atoms with van der Waals surface area (Å²) >= 11 is 0. The molecule has 1 saturated carbocycles. The van der Waals surface area contributed by atoms with E-state index in [-0.39, 0.29) is 29.8 Å². The van der Waals surface area contributed by atoms with Crippen LogP contribution >= 0.6 is 0 Å². The molecular formula is C13H22N4O3. The van der Waals surface area contributed by atoms with Gasteiger partial charge in [-0.3, -0.25) is 10.1 Å². The van der Waals surface area contributed by atoms with Crippen LogP contribution in [0.1, 0.15) is 51.3 Å². The number of rotatable bonds is 4. The van der Waals surface area contributed by atoms with Crippen LogP contribution in [0.5, 0.6) is 5.88 Å². The fraction of sp³-hybridized carbons (Fsp3) is 0.769. The number of hydrogen-bond acceptors (Lipinski definition) is 5. The molecule has 1 fully saturated rings. The molecule has 0 spiro atoms. The molecule has 0 bridgehead atoms. The van der Waals surface area contributed by atoms with Crippen molar-refractivity contribution in [1.29, 1.82) is 0 Å². The maximum absolute atomic E-state index is 11.2. The van der Waals surface area contributed by atoms with Gasteiger partial charge in [0.25, 0.3) is 5.88 Å². The number of nitrogens with two attached hydrogens (primary N) is 1. The fourth-order valence-corrected chi connectivity index (χ4v) is 2.60. The van der Waals surface area contributed by atoms with Gasteiger partial charge >= 0.3 is 5.69 Å². The standard InChI is InChI=1S/C13H22N4O3/c1-8(2)16-13(12(17(18)19)9(3)15-16)20-11-7-5-4-6-10(11)14/h8,10-11H,4-7,14H2,1-3H3. The SMILES string of the molecule is Cc1nn(C(C)C)c(OC2CCCCC2N)c1[N+](=O)[O-]. The maximum atomic E-state index is 11.2. The van der Waals surface area contributed by atoms with E-state index < -0.39 is 4.92 Å². The highest BCUT2D eigenvalue weighted by Crippen LogP contribution is 2.35. The van der Waals surface area contributed by atoms with Gasteiger partial charge in [-0.2, -0.15) is 5.10 Å². The highest BCUT2D eigenvalue weighted by atomic mass is 16.6. The summed E-state index contributed by atoms with van der Waals surface area (Å²) in [5.74, 6) is 0.241. The number of nitrogens with zero attached hydrogens (tertiary/aromatic N) is 3. The zero-order valence-corrected chi connectivity index (χ0v) is 12.2. The second kappa shape index (κ2) is 5.78. The van der Waals surface area contributed by atoms with E-state index in [4.69, 9.17) is 10.5 Å². The van der Waals surface area contributed by atoms with Gasteiger partial charge in [-0.15, -0.1) is 0 Å². The Kier molecular flexibility index (Phi) is 4.27. The summed E-state index contributed by atoms with van der Waals surface area (Å²) in [5, 5.41) is 15.5. The fourth-order valence-electron chi connectivity index (χ4n) is 2.60. The maximum Gasteiger partial charge on any atom is 0.353 e. The van der Waals surface area contributed by atoms with Gasteiger partial charge < -0.3 is 10.5 Å². The van der Waals surface area contributed by atoms with Crippen molar-refractivity contribution in [2.45, 2.75) is 64.6 Å². The van der Waals surface area contributed by atoms with Crippen LogP contribution in [-0.2, 0) is 0 Å². The van der Waals surface area contributed by atoms with E-state index in [0.717, 1.165) is 25.7 Å². The van der Waals surface area contributed by atoms with Crippen LogP contribution in [0.3, 0.4) is 0 Å². The minimum Gasteiger partial charge on any atom is -0.468 e. The van der Waals surface area contributed by atoms with Crippen LogP contribution in [0.15, 0.2) is 0 Å². The molecule has 20 heavy (non-hydrogen) atoms. The highest BCUT2D eigenvalue weighted by Gasteiger charge is 2.32. The minimum absolute atomic E-state index is 0.00258. The second-order valence-electron chi connectivity index (χ2n) is 5.64. The Hall–Kier alpha value is -1.63. The summed E-state index contributed by atoms with van der Waals surface area (Å²) in [7, 11) is 0. The smallest absolute Gasteiger partial charge is 0.353 e. The van der Waals surface area contributed by atoms with Crippen molar-refractivity contribution < 1.29 is 9.66 Å². The molecule has 1 aromatic heterocycles. The number of ether oxygens (including phenoxy) is 1. The molecule has 2 unspecified atom stereocenters. The Morgan fingerprint density at radius 3 is 2.65 bits per heavy atom. The molecule has 7 heteroatoms. The molecule has 1 aliphatic carbocycles. The molecule has 7 nitrogen and oxygen atoms in total. The number of hydrogen-bond donors (Lipinski definition) is 1. The molecule has 0 aromatic carbocycles. The van der Waals surface area contributed by atoms with Crippen LogP contribution in [0, 0.1) is 17.0 Å². The van der Waals surface area contributed by atoms with Crippen LogP contribution in [0.4, 0.5) is 5.69 Å². The molecule has 1 aromatic rings. The van der Waals surface area contributed by atoms with Gasteiger partial charge in [-0.05, 0) is 40.0 Å². The van der Waals surface area contributed by atoms with Crippen molar-refractivity contribution in [3.05, 3.63) is 15.8 Å². The summed E-state index contributed by atoms with van der Waals surface area (Å²) in [6.45, 7) is 5.47. The van der Waals surface area contributed by atoms with Gasteiger partial charge in [0.05, 0.1) is 11.0 Å². The Labute approximate surface area is 118 Å². The van der Waals surface area contributed by atoms with Crippen LogP contribution in [-0.4, -0.2) is 26.8 Å². The van der Waals surface area contributed by atoms with Crippen molar-refractivity contribution in [2.75, 3.05) is 0 Å². The van der Waals surface area contributed by atoms with Gasteiger partial charge in [0.2, 0.25) is 0 Å². The lowest BCUT2D eigenvalue weighted by Crippen LogP contribution is -2.41. The van der Waals surface area contributed by atoms with E-state index >= 15 is 0 Å². The number of aryl methyl sites for hydroxylation is 1. The van der Waals surface area contributed by atoms with Crippen molar-refractivity contribution in [1.82, 2.24) is 9.78 Å². The predicted octanol–water partition coefficient (Wildman–Crippen LogP) is 2.33. The van der Waals surface area contributed by atoms with Crippen molar-refractivity contribution in [3.8, 4) is 5.88 Å². The first-order chi connectivity index (χ1) is 9.41. The highest BCUT2D eigenvalue weighted by molar-refractivity contribution is 5.46. The lowest BCUT2D eigenvalue weighted by atomic mass is 9.93. The average molecular weight is 282 g/mol. The summed E-state index contributed by atoms with van der Waals surface area (Å²) in [6.07, 6.45) is 3.69. The second-order valence-corrected chi connectivity index (χ2v) is 5.64. The van der Waals surface area contributed by atoms with Gasteiger partial charge in [0, 0.05) is 6.04 Å². The summed E-state index contributed by atoms with van der Waals surface area (Å²) < 4.78 is 7.49. The van der Waals surface area contributed by atoms with Gasteiger partial charge in [0.1, 0.15) is 11.8 Å². The topological polar surface area (TPSA) is 96.2 Å². The van der Waals surface area contributed by atoms with E-state index in [1.54, 1.807) is 11.6 Å². The quantitative estimate of drug-likeness (QED) is 0.675. The lowest BCUT2D eigenvalue weighted by molar-refractivity contribution is -0.386. The zero-order valence-electron chi connectivity index (χ0n) is 12.2. The van der Waals surface area contributed by atoms with Crippen LogP contribution in [0.25, 0.3) is 0 Å². The molecule has 2 N–H and O–H groups in total. The molecule has 112 valence electrons. The van der Waals surface area contributed by atoms with E-state index in [2.05, 4.69) is 5.10 Å². The van der Waals surface area contributed by atoms with Crippen molar-refractivity contribution in [2.24, 2.45) is 5.73 Å². The minimum atomic E-state index is -0.426. The first-order valence-electron chi connectivity index (χ1n) is 7.07. The average Bonchev–Trinajstić information content (AvgIpc) is 2.69. The Morgan fingerprint density at radius 2 is 2.10 bits per heavy atom. The molecule has 2 rings (SSSR count). The van der Waals surface area contributed by atoms with Gasteiger partial charge in [-0.1, -0.05) is 6.42 Å². The van der Waals surface area contributed by atoms with E-state index in [9.17, 15) is 10.1 Å². The molecule has 2 atom stereocenters. The monoisotopic (exact) mass is 282 g/mol. The third kappa shape index (κ3) is 2.77. The summed E-state index contributed by atoms with van der Waals surface area (Å²) in [6, 6.07) is -0.0728. The molecule has 1 aliphatic rings. The Balaban J connectivity index is 2.35. The van der Waals surface area contributed by atoms with Gasteiger partial charge in [-0.25, -0.2) is 4.68 Å². The Morgan fingerprint density at radius 1 is 1.45 bits per heavy atom. The van der Waals surface area contributed by atoms with E-state index in [1.807, 2.05) is 13.8 Å². The van der Waals surface area contributed by atoms with E-state index in [1.165, 1.54) is 0 Å². The first kappa shape index (κ1) is 14.8. The molecular weight excluding hydrogens is 260 g/mol. The number of aromatic nitrogens is 2. The van der Waals surface area contributed by atoms with Crippen molar-refractivity contribution in [3.63, 3.8) is 0 Å². The number of nitro groups is 1. The molecule has 0 radical (unpaired) electrons. The summed E-state index contributed by atoms with van der Waals surface area (Å²) in [4.78, 5) is 10.8. The third-order valence-corrected chi connectivity index (χ3v) is 3.70. The van der Waals surface area contributed by atoms with Gasteiger partial charge in [0.15, 0.2) is 0 Å². The predicted molar refractivity (Wildman–Crippen MR) is 74.9 cm³/mol. The lowest BCUT2D eigenvalue weighted by Gasteiger charge is -2.29. The largest absolute Gasteiger partial charge is 0.468 e. The third-order valence-electron chi connectivity index (χ3n) is 3.70. The Bertz CT molecular complexity index is 498. The molecule has 1 heterocycles.